The number of hydrogen-bond acceptors (Lipinski definition) is 2. The Morgan fingerprint density at radius 3 is 2.47 bits per heavy atom. The zero-order valence-electron chi connectivity index (χ0n) is 8.27. The van der Waals surface area contributed by atoms with E-state index in [1.807, 2.05) is 24.3 Å². The van der Waals surface area contributed by atoms with Gasteiger partial charge < -0.3 is 4.74 Å². The molecular formula is C12H10INO. The highest BCUT2D eigenvalue weighted by Gasteiger charge is 2.01. The Kier molecular flexibility index (Phi) is 3.20. The molecule has 0 aliphatic carbocycles. The molecule has 0 spiro atoms. The van der Waals surface area contributed by atoms with Gasteiger partial charge in [0.1, 0.15) is 5.75 Å². The van der Waals surface area contributed by atoms with Gasteiger partial charge in [0.05, 0.1) is 7.11 Å². The second-order valence-electron chi connectivity index (χ2n) is 3.12. The van der Waals surface area contributed by atoms with E-state index in [1.165, 1.54) is 3.57 Å². The summed E-state index contributed by atoms with van der Waals surface area (Å²) < 4.78 is 6.40. The molecular weight excluding hydrogens is 301 g/mol. The maximum absolute atomic E-state index is 5.24. The van der Waals surface area contributed by atoms with Crippen molar-refractivity contribution in [2.75, 3.05) is 7.11 Å². The molecule has 0 saturated carbocycles. The largest absolute Gasteiger partial charge is 0.497 e. The summed E-state index contributed by atoms with van der Waals surface area (Å²) in [4.78, 5) is 4.00. The topological polar surface area (TPSA) is 22.1 Å². The number of methoxy groups -OCH3 is 1. The van der Waals surface area contributed by atoms with Crippen LogP contribution in [-0.4, -0.2) is 12.1 Å². The second-order valence-corrected chi connectivity index (χ2v) is 4.36. The summed E-state index contributed by atoms with van der Waals surface area (Å²) in [7, 11) is 1.68. The first-order valence-electron chi connectivity index (χ1n) is 4.54. The first-order chi connectivity index (χ1) is 7.29. The van der Waals surface area contributed by atoms with Gasteiger partial charge in [-0.1, -0.05) is 0 Å². The Hall–Kier alpha value is -1.10. The molecule has 15 heavy (non-hydrogen) atoms. The van der Waals surface area contributed by atoms with Crippen LogP contribution < -0.4 is 4.74 Å². The minimum absolute atomic E-state index is 0.883. The van der Waals surface area contributed by atoms with Crippen LogP contribution in [0.1, 0.15) is 0 Å². The minimum atomic E-state index is 0.883. The van der Waals surface area contributed by atoms with E-state index in [2.05, 4.69) is 33.6 Å². The van der Waals surface area contributed by atoms with Gasteiger partial charge in [-0.3, -0.25) is 4.98 Å². The van der Waals surface area contributed by atoms with Crippen LogP contribution in [0.3, 0.4) is 0 Å². The van der Waals surface area contributed by atoms with E-state index in [0.717, 1.165) is 16.9 Å². The van der Waals surface area contributed by atoms with Gasteiger partial charge in [0.15, 0.2) is 0 Å². The van der Waals surface area contributed by atoms with Gasteiger partial charge in [-0.25, -0.2) is 0 Å². The minimum Gasteiger partial charge on any atom is -0.497 e. The number of nitrogens with zero attached hydrogens (tertiary/aromatic N) is 1. The lowest BCUT2D eigenvalue weighted by atomic mass is 10.1. The van der Waals surface area contributed by atoms with Crippen LogP contribution >= 0.6 is 22.6 Å². The van der Waals surface area contributed by atoms with Crippen LogP contribution in [-0.2, 0) is 0 Å². The summed E-state index contributed by atoms with van der Waals surface area (Å²) in [5.74, 6) is 0.883. The Labute approximate surface area is 102 Å². The van der Waals surface area contributed by atoms with Crippen molar-refractivity contribution in [3.63, 3.8) is 0 Å². The third-order valence-corrected chi connectivity index (χ3v) is 2.74. The van der Waals surface area contributed by atoms with Crippen LogP contribution in [0.4, 0.5) is 0 Å². The van der Waals surface area contributed by atoms with E-state index in [0.29, 0.717) is 0 Å². The Morgan fingerprint density at radius 2 is 1.80 bits per heavy atom. The molecule has 0 bridgehead atoms. The van der Waals surface area contributed by atoms with Gasteiger partial charge in [0.2, 0.25) is 0 Å². The fourth-order valence-corrected chi connectivity index (χ4v) is 2.03. The first-order valence-corrected chi connectivity index (χ1v) is 5.62. The van der Waals surface area contributed by atoms with Gasteiger partial charge in [-0.2, -0.15) is 0 Å². The summed E-state index contributed by atoms with van der Waals surface area (Å²) in [5, 5.41) is 0. The third kappa shape index (κ3) is 2.47. The van der Waals surface area contributed by atoms with Crippen molar-refractivity contribution >= 4 is 22.6 Å². The van der Waals surface area contributed by atoms with E-state index in [1.54, 1.807) is 19.5 Å². The number of pyridine rings is 1. The van der Waals surface area contributed by atoms with Gasteiger partial charge in [-0.05, 0) is 64.0 Å². The van der Waals surface area contributed by atoms with E-state index in [-0.39, 0.29) is 0 Å². The number of hydrogen-bond donors (Lipinski definition) is 0. The number of halogens is 1. The highest BCUT2D eigenvalue weighted by molar-refractivity contribution is 14.1. The van der Waals surface area contributed by atoms with Gasteiger partial charge in [0, 0.05) is 16.0 Å². The van der Waals surface area contributed by atoms with E-state index >= 15 is 0 Å². The van der Waals surface area contributed by atoms with Gasteiger partial charge in [-0.15, -0.1) is 0 Å². The predicted octanol–water partition coefficient (Wildman–Crippen LogP) is 3.36. The van der Waals surface area contributed by atoms with Crippen molar-refractivity contribution in [3.8, 4) is 16.9 Å². The van der Waals surface area contributed by atoms with Crippen LogP contribution in [0.25, 0.3) is 11.1 Å². The Balaban J connectivity index is 2.49. The van der Waals surface area contributed by atoms with E-state index in [4.69, 9.17) is 4.74 Å². The molecule has 2 rings (SSSR count). The van der Waals surface area contributed by atoms with Crippen molar-refractivity contribution in [1.29, 1.82) is 0 Å². The quantitative estimate of drug-likeness (QED) is 0.794. The maximum atomic E-state index is 5.24. The van der Waals surface area contributed by atoms with Crippen LogP contribution in [0.15, 0.2) is 42.7 Å². The van der Waals surface area contributed by atoms with E-state index in [9.17, 15) is 0 Å². The molecule has 0 unspecified atom stereocenters. The van der Waals surface area contributed by atoms with Crippen molar-refractivity contribution < 1.29 is 4.74 Å². The monoisotopic (exact) mass is 311 g/mol. The van der Waals surface area contributed by atoms with Crippen LogP contribution in [0.5, 0.6) is 5.75 Å². The lowest BCUT2D eigenvalue weighted by Gasteiger charge is -2.05. The summed E-state index contributed by atoms with van der Waals surface area (Å²) in [6.45, 7) is 0. The summed E-state index contributed by atoms with van der Waals surface area (Å²) in [5.41, 5.74) is 2.31. The first kappa shape index (κ1) is 10.4. The lowest BCUT2D eigenvalue weighted by Crippen LogP contribution is -1.86. The number of rotatable bonds is 2. The molecule has 0 atom stereocenters. The Bertz CT molecular complexity index is 456. The number of aromatic nitrogens is 1. The van der Waals surface area contributed by atoms with Crippen molar-refractivity contribution in [2.24, 2.45) is 0 Å². The molecule has 1 aromatic heterocycles. The summed E-state index contributed by atoms with van der Waals surface area (Å²) in [6, 6.07) is 10.1. The Morgan fingerprint density at radius 1 is 1.07 bits per heavy atom. The van der Waals surface area contributed by atoms with Crippen LogP contribution in [0.2, 0.25) is 0 Å². The molecule has 0 fully saturated rings. The standard InChI is InChI=1S/C12H10INO/c1-15-12-7-10(6-11(13)8-12)9-2-4-14-5-3-9/h2-8H,1H3. The number of benzene rings is 1. The molecule has 0 aliphatic rings. The zero-order chi connectivity index (χ0) is 10.7. The maximum Gasteiger partial charge on any atom is 0.120 e. The molecule has 0 saturated heterocycles. The molecule has 2 nitrogen and oxygen atoms in total. The van der Waals surface area contributed by atoms with Crippen molar-refractivity contribution in [2.45, 2.75) is 0 Å². The fraction of sp³-hybridized carbons (Fsp3) is 0.0833. The molecule has 0 radical (unpaired) electrons. The molecule has 3 heteroatoms. The normalized spacial score (nSPS) is 10.0. The molecule has 0 amide bonds. The lowest BCUT2D eigenvalue weighted by molar-refractivity contribution is 0.414. The SMILES string of the molecule is COc1cc(I)cc(-c2ccncc2)c1. The van der Waals surface area contributed by atoms with Crippen molar-refractivity contribution in [3.05, 3.63) is 46.3 Å². The van der Waals surface area contributed by atoms with Crippen LogP contribution in [0, 0.1) is 3.57 Å². The molecule has 2 aromatic rings. The number of ether oxygens (including phenoxy) is 1. The van der Waals surface area contributed by atoms with Crippen molar-refractivity contribution in [1.82, 2.24) is 4.98 Å². The molecule has 0 aliphatic heterocycles. The third-order valence-electron chi connectivity index (χ3n) is 2.12. The molecule has 1 aromatic carbocycles. The molecule has 76 valence electrons. The predicted molar refractivity (Wildman–Crippen MR) is 68.9 cm³/mol. The van der Waals surface area contributed by atoms with Gasteiger partial charge in [0.25, 0.3) is 0 Å². The molecule has 0 N–H and O–H groups in total. The average molecular weight is 311 g/mol. The molecule has 1 heterocycles. The smallest absolute Gasteiger partial charge is 0.120 e. The van der Waals surface area contributed by atoms with Gasteiger partial charge >= 0.3 is 0 Å². The van der Waals surface area contributed by atoms with E-state index < -0.39 is 0 Å². The highest BCUT2D eigenvalue weighted by atomic mass is 127. The summed E-state index contributed by atoms with van der Waals surface area (Å²) in [6.07, 6.45) is 3.59. The average Bonchev–Trinajstić information content (AvgIpc) is 2.29. The summed E-state index contributed by atoms with van der Waals surface area (Å²) >= 11 is 2.29. The highest BCUT2D eigenvalue weighted by Crippen LogP contribution is 2.26. The zero-order valence-corrected chi connectivity index (χ0v) is 10.4. The second kappa shape index (κ2) is 4.61. The fourth-order valence-electron chi connectivity index (χ4n) is 1.39.